The number of rotatable bonds is 9. The minimum atomic E-state index is 0.153. The van der Waals surface area contributed by atoms with E-state index < -0.39 is 0 Å². The average molecular weight is 483 g/mol. The van der Waals surface area contributed by atoms with Gasteiger partial charge in [-0.05, 0) is 66.7 Å². The minimum Gasteiger partial charge on any atom is -0.308 e. The zero-order valence-corrected chi connectivity index (χ0v) is 21.0. The molecule has 4 aromatic rings. The van der Waals surface area contributed by atoms with Crippen LogP contribution in [0.3, 0.4) is 0 Å². The number of aryl methyl sites for hydroxylation is 1. The van der Waals surface area contributed by atoms with E-state index in [2.05, 4.69) is 74.9 Å². The van der Waals surface area contributed by atoms with Crippen molar-refractivity contribution >= 4 is 0 Å². The highest BCUT2D eigenvalue weighted by Crippen LogP contribution is 2.29. The number of aromatic amines is 1. The summed E-state index contributed by atoms with van der Waals surface area (Å²) >= 11 is 0. The molecule has 186 valence electrons. The number of unbranched alkanes of at least 4 members (excludes halogenated alkanes) is 1. The van der Waals surface area contributed by atoms with Crippen molar-refractivity contribution in [2.24, 2.45) is 0 Å². The number of nitrogens with zero attached hydrogens (tertiary/aromatic N) is 5. The van der Waals surface area contributed by atoms with Gasteiger partial charge in [0.2, 0.25) is 5.82 Å². The summed E-state index contributed by atoms with van der Waals surface area (Å²) in [6.07, 6.45) is 6.86. The highest BCUT2D eigenvalue weighted by atomic mass is 16.1. The van der Waals surface area contributed by atoms with Crippen LogP contribution in [0, 0.1) is 0 Å². The van der Waals surface area contributed by atoms with Crippen LogP contribution in [0.4, 0.5) is 0 Å². The lowest BCUT2D eigenvalue weighted by Crippen LogP contribution is -2.34. The average Bonchev–Trinajstić information content (AvgIpc) is 3.46. The standard InChI is InChI=1S/C29H34N6O/c1-2-3-9-25-17-16-24(21-34-18-7-4-8-19-34)29(36)35(25)20-22-12-14-23(15-13-22)26-10-5-6-11-27(26)28-30-32-33-31-28/h5-6,10-17H,2-4,7-9,18-21H2,1H3,(H,30,31,32,33). The zero-order valence-electron chi connectivity index (χ0n) is 21.0. The number of nitrogens with one attached hydrogen (secondary N) is 1. The van der Waals surface area contributed by atoms with Gasteiger partial charge in [0.1, 0.15) is 0 Å². The topological polar surface area (TPSA) is 79.7 Å². The number of aromatic nitrogens is 5. The summed E-state index contributed by atoms with van der Waals surface area (Å²) in [4.78, 5) is 16.0. The molecule has 1 saturated heterocycles. The van der Waals surface area contributed by atoms with Crippen LogP contribution in [0.2, 0.25) is 0 Å². The van der Waals surface area contributed by atoms with Gasteiger partial charge in [-0.15, -0.1) is 10.2 Å². The fraction of sp³-hybridized carbons (Fsp3) is 0.379. The lowest BCUT2D eigenvalue weighted by molar-refractivity contribution is 0.219. The van der Waals surface area contributed by atoms with E-state index in [-0.39, 0.29) is 5.56 Å². The first-order valence-corrected chi connectivity index (χ1v) is 13.1. The number of likely N-dealkylation sites (tertiary alicyclic amines) is 1. The van der Waals surface area contributed by atoms with Crippen molar-refractivity contribution < 1.29 is 0 Å². The van der Waals surface area contributed by atoms with E-state index in [1.807, 2.05) is 22.8 Å². The van der Waals surface area contributed by atoms with Crippen LogP contribution >= 0.6 is 0 Å². The molecule has 0 atom stereocenters. The molecule has 0 spiro atoms. The van der Waals surface area contributed by atoms with Crippen LogP contribution in [0.15, 0.2) is 65.5 Å². The van der Waals surface area contributed by atoms with Crippen molar-refractivity contribution in [3.63, 3.8) is 0 Å². The third-order valence-corrected chi connectivity index (χ3v) is 7.09. The molecule has 0 radical (unpaired) electrons. The van der Waals surface area contributed by atoms with E-state index in [4.69, 9.17) is 0 Å². The Kier molecular flexibility index (Phi) is 7.67. The lowest BCUT2D eigenvalue weighted by atomic mass is 9.98. The Morgan fingerprint density at radius 3 is 2.39 bits per heavy atom. The van der Waals surface area contributed by atoms with Gasteiger partial charge >= 0.3 is 0 Å². The Labute approximate surface area is 212 Å². The highest BCUT2D eigenvalue weighted by Gasteiger charge is 2.16. The maximum atomic E-state index is 13.6. The molecule has 1 N–H and O–H groups in total. The maximum absolute atomic E-state index is 13.6. The molecule has 7 heteroatoms. The molecule has 1 aliphatic rings. The third-order valence-electron chi connectivity index (χ3n) is 7.09. The van der Waals surface area contributed by atoms with E-state index in [1.165, 1.54) is 19.3 Å². The largest absolute Gasteiger partial charge is 0.308 e. The molecule has 0 unspecified atom stereocenters. The van der Waals surface area contributed by atoms with Gasteiger partial charge in [-0.3, -0.25) is 9.69 Å². The van der Waals surface area contributed by atoms with Crippen LogP contribution in [0.5, 0.6) is 0 Å². The Morgan fingerprint density at radius 2 is 1.67 bits per heavy atom. The molecule has 7 nitrogen and oxygen atoms in total. The molecule has 2 aromatic heterocycles. The van der Waals surface area contributed by atoms with Gasteiger partial charge in [0.15, 0.2) is 0 Å². The fourth-order valence-corrected chi connectivity index (χ4v) is 5.07. The molecule has 2 aromatic carbocycles. The van der Waals surface area contributed by atoms with E-state index in [0.717, 1.165) is 72.4 Å². The molecule has 36 heavy (non-hydrogen) atoms. The normalized spacial score (nSPS) is 14.2. The van der Waals surface area contributed by atoms with Gasteiger partial charge in [0, 0.05) is 23.4 Å². The second kappa shape index (κ2) is 11.4. The molecule has 5 rings (SSSR count). The van der Waals surface area contributed by atoms with Crippen molar-refractivity contribution in [1.29, 1.82) is 0 Å². The monoisotopic (exact) mass is 482 g/mol. The smallest absolute Gasteiger partial charge is 0.255 e. The quantitative estimate of drug-likeness (QED) is 0.360. The Hall–Kier alpha value is -3.58. The van der Waals surface area contributed by atoms with Gasteiger partial charge in [-0.25, -0.2) is 0 Å². The zero-order chi connectivity index (χ0) is 24.7. The predicted molar refractivity (Wildman–Crippen MR) is 143 cm³/mol. The molecular weight excluding hydrogens is 448 g/mol. The van der Waals surface area contributed by atoms with Gasteiger partial charge in [0.05, 0.1) is 6.54 Å². The number of pyridine rings is 1. The number of piperidine rings is 1. The molecule has 0 amide bonds. The number of hydrogen-bond donors (Lipinski definition) is 1. The Morgan fingerprint density at radius 1 is 0.889 bits per heavy atom. The molecule has 0 saturated carbocycles. The van der Waals surface area contributed by atoms with Crippen molar-refractivity contribution in [2.75, 3.05) is 13.1 Å². The summed E-state index contributed by atoms with van der Waals surface area (Å²) in [5, 5.41) is 14.5. The van der Waals surface area contributed by atoms with E-state index in [0.29, 0.717) is 12.4 Å². The molecule has 1 fully saturated rings. The van der Waals surface area contributed by atoms with Crippen LogP contribution in [-0.4, -0.2) is 43.2 Å². The number of H-pyrrole nitrogens is 1. The number of tetrazole rings is 1. The van der Waals surface area contributed by atoms with E-state index in [1.54, 1.807) is 0 Å². The van der Waals surface area contributed by atoms with Crippen molar-refractivity contribution in [3.05, 3.63) is 87.8 Å². The minimum absolute atomic E-state index is 0.153. The second-order valence-electron chi connectivity index (χ2n) is 9.66. The lowest BCUT2D eigenvalue weighted by Gasteiger charge is -2.26. The van der Waals surface area contributed by atoms with Gasteiger partial charge in [-0.2, -0.15) is 5.21 Å². The molecule has 1 aliphatic heterocycles. The molecular formula is C29H34N6O. The third kappa shape index (κ3) is 5.46. The van der Waals surface area contributed by atoms with Gasteiger partial charge in [0.25, 0.3) is 5.56 Å². The first kappa shape index (κ1) is 24.1. The highest BCUT2D eigenvalue weighted by molar-refractivity contribution is 5.80. The molecule has 3 heterocycles. The van der Waals surface area contributed by atoms with Crippen molar-refractivity contribution in [3.8, 4) is 22.5 Å². The Bertz CT molecular complexity index is 1320. The molecule has 0 aliphatic carbocycles. The van der Waals surface area contributed by atoms with Crippen LogP contribution < -0.4 is 5.56 Å². The van der Waals surface area contributed by atoms with Gasteiger partial charge in [-0.1, -0.05) is 74.4 Å². The summed E-state index contributed by atoms with van der Waals surface area (Å²) in [5.74, 6) is 0.576. The van der Waals surface area contributed by atoms with Crippen LogP contribution in [0.1, 0.15) is 55.8 Å². The number of hydrogen-bond acceptors (Lipinski definition) is 5. The van der Waals surface area contributed by atoms with Crippen LogP contribution in [0.25, 0.3) is 22.5 Å². The first-order valence-electron chi connectivity index (χ1n) is 13.1. The van der Waals surface area contributed by atoms with Crippen molar-refractivity contribution in [2.45, 2.75) is 58.5 Å². The summed E-state index contributed by atoms with van der Waals surface area (Å²) in [6.45, 7) is 5.70. The fourth-order valence-electron chi connectivity index (χ4n) is 5.07. The van der Waals surface area contributed by atoms with Crippen molar-refractivity contribution in [1.82, 2.24) is 30.1 Å². The van der Waals surface area contributed by atoms with Crippen LogP contribution in [-0.2, 0) is 19.5 Å². The number of benzene rings is 2. The molecule has 0 bridgehead atoms. The maximum Gasteiger partial charge on any atom is 0.255 e. The SMILES string of the molecule is CCCCc1ccc(CN2CCCCC2)c(=O)n1Cc1ccc(-c2ccccc2-c2nn[nH]n2)cc1. The van der Waals surface area contributed by atoms with E-state index in [9.17, 15) is 4.79 Å². The summed E-state index contributed by atoms with van der Waals surface area (Å²) in [7, 11) is 0. The van der Waals surface area contributed by atoms with E-state index >= 15 is 0 Å². The summed E-state index contributed by atoms with van der Waals surface area (Å²) < 4.78 is 2.00. The predicted octanol–water partition coefficient (Wildman–Crippen LogP) is 5.07. The van der Waals surface area contributed by atoms with Gasteiger partial charge < -0.3 is 4.57 Å². The summed E-state index contributed by atoms with van der Waals surface area (Å²) in [6, 6.07) is 20.8. The first-order chi connectivity index (χ1) is 17.7. The second-order valence-corrected chi connectivity index (χ2v) is 9.66. The summed E-state index contributed by atoms with van der Waals surface area (Å²) in [5.41, 5.74) is 6.36. The Balaban J connectivity index is 1.41.